The van der Waals surface area contributed by atoms with Crippen LogP contribution >= 0.6 is 0 Å². The van der Waals surface area contributed by atoms with Crippen LogP contribution in [0, 0.1) is 0 Å². The van der Waals surface area contributed by atoms with Crippen LogP contribution in [0.2, 0.25) is 0 Å². The summed E-state index contributed by atoms with van der Waals surface area (Å²) in [5.41, 5.74) is 0.931. The summed E-state index contributed by atoms with van der Waals surface area (Å²) in [5.74, 6) is 1.41. The van der Waals surface area contributed by atoms with Gasteiger partial charge >= 0.3 is 0 Å². The summed E-state index contributed by atoms with van der Waals surface area (Å²) in [5, 5.41) is 2.88. The maximum Gasteiger partial charge on any atom is 0.287 e. The maximum absolute atomic E-state index is 12.0. The van der Waals surface area contributed by atoms with Crippen molar-refractivity contribution < 1.29 is 18.7 Å². The topological polar surface area (TPSA) is 60.7 Å². The first-order chi connectivity index (χ1) is 10.7. The molecular weight excluding hydrogens is 282 g/mol. The molecule has 5 nitrogen and oxygen atoms in total. The molecule has 5 heteroatoms. The van der Waals surface area contributed by atoms with E-state index in [-0.39, 0.29) is 11.9 Å². The number of nitrogens with one attached hydrogen (secondary N) is 1. The minimum Gasteiger partial charge on any atom is -0.493 e. The van der Waals surface area contributed by atoms with Crippen LogP contribution < -0.4 is 14.8 Å². The average Bonchev–Trinajstić information content (AvgIpc) is 3.07. The molecule has 0 radical (unpaired) electrons. The van der Waals surface area contributed by atoms with Gasteiger partial charge in [0.1, 0.15) is 0 Å². The van der Waals surface area contributed by atoms with E-state index in [9.17, 15) is 4.79 Å². The first-order valence-electron chi connectivity index (χ1n) is 7.30. The van der Waals surface area contributed by atoms with Crippen molar-refractivity contribution in [1.29, 1.82) is 0 Å². The fourth-order valence-electron chi connectivity index (χ4n) is 2.04. The van der Waals surface area contributed by atoms with Gasteiger partial charge in [0.2, 0.25) is 0 Å². The van der Waals surface area contributed by atoms with Crippen LogP contribution in [0.4, 0.5) is 0 Å². The van der Waals surface area contributed by atoms with E-state index < -0.39 is 0 Å². The number of carbonyl (C=O) groups is 1. The summed E-state index contributed by atoms with van der Waals surface area (Å²) in [6.07, 6.45) is 2.41. The van der Waals surface area contributed by atoms with Crippen LogP contribution in [-0.2, 0) is 0 Å². The second-order valence-corrected chi connectivity index (χ2v) is 4.93. The van der Waals surface area contributed by atoms with Crippen LogP contribution in [-0.4, -0.2) is 19.6 Å². The Bertz CT molecular complexity index is 607. The van der Waals surface area contributed by atoms with Crippen LogP contribution in [0.5, 0.6) is 11.5 Å². The highest BCUT2D eigenvalue weighted by atomic mass is 16.5. The Morgan fingerprint density at radius 2 is 2.14 bits per heavy atom. The predicted molar refractivity (Wildman–Crippen MR) is 83.4 cm³/mol. The molecule has 0 bridgehead atoms. The van der Waals surface area contributed by atoms with E-state index in [4.69, 9.17) is 13.9 Å². The second kappa shape index (κ2) is 7.54. The van der Waals surface area contributed by atoms with Crippen molar-refractivity contribution >= 4 is 5.91 Å². The lowest BCUT2D eigenvalue weighted by Gasteiger charge is -2.16. The van der Waals surface area contributed by atoms with E-state index in [0.717, 1.165) is 12.0 Å². The van der Waals surface area contributed by atoms with Gasteiger partial charge in [0, 0.05) is 0 Å². The van der Waals surface area contributed by atoms with Crippen LogP contribution in [0.15, 0.2) is 41.0 Å². The zero-order valence-corrected chi connectivity index (χ0v) is 13.1. The maximum atomic E-state index is 12.0. The Morgan fingerprint density at radius 1 is 1.32 bits per heavy atom. The average molecular weight is 303 g/mol. The fourth-order valence-corrected chi connectivity index (χ4v) is 2.04. The monoisotopic (exact) mass is 303 g/mol. The molecule has 0 aliphatic carbocycles. The number of hydrogen-bond donors (Lipinski definition) is 1. The zero-order chi connectivity index (χ0) is 15.9. The first-order valence-corrected chi connectivity index (χ1v) is 7.30. The van der Waals surface area contributed by atoms with Crippen molar-refractivity contribution in [2.24, 2.45) is 0 Å². The highest BCUT2D eigenvalue weighted by Gasteiger charge is 2.15. The number of methoxy groups -OCH3 is 1. The van der Waals surface area contributed by atoms with Gasteiger partial charge in [-0.2, -0.15) is 0 Å². The van der Waals surface area contributed by atoms with Gasteiger partial charge in [0.15, 0.2) is 17.3 Å². The highest BCUT2D eigenvalue weighted by Crippen LogP contribution is 2.30. The molecule has 1 atom stereocenters. The molecule has 1 heterocycles. The summed E-state index contributed by atoms with van der Waals surface area (Å²) in [6, 6.07) is 8.79. The Hall–Kier alpha value is -2.43. The molecular formula is C17H21NO4. The quantitative estimate of drug-likeness (QED) is 0.849. The van der Waals surface area contributed by atoms with E-state index in [2.05, 4.69) is 5.32 Å². The number of ether oxygens (including phenoxy) is 2. The first kappa shape index (κ1) is 15.9. The third-order valence-electron chi connectivity index (χ3n) is 3.24. The molecule has 1 aromatic carbocycles. The molecule has 0 saturated heterocycles. The smallest absolute Gasteiger partial charge is 0.287 e. The molecule has 0 fully saturated rings. The molecule has 1 amide bonds. The van der Waals surface area contributed by atoms with Crippen molar-refractivity contribution in [1.82, 2.24) is 5.32 Å². The molecule has 0 spiro atoms. The van der Waals surface area contributed by atoms with Crippen molar-refractivity contribution in [2.75, 3.05) is 13.7 Å². The minimum absolute atomic E-state index is 0.174. The van der Waals surface area contributed by atoms with E-state index in [1.165, 1.54) is 6.26 Å². The Labute approximate surface area is 130 Å². The molecule has 2 rings (SSSR count). The SMILES string of the molecule is CCCOc1ccc([C@@H](C)NC(=O)c2ccco2)cc1OC. The van der Waals surface area contributed by atoms with Gasteiger partial charge < -0.3 is 19.2 Å². The van der Waals surface area contributed by atoms with Crippen molar-refractivity contribution in [3.8, 4) is 11.5 Å². The number of rotatable bonds is 7. The summed E-state index contributed by atoms with van der Waals surface area (Å²) >= 11 is 0. The standard InChI is InChI=1S/C17H21NO4/c1-4-9-21-14-8-7-13(11-16(14)20-3)12(2)18-17(19)15-6-5-10-22-15/h5-8,10-12H,4,9H2,1-3H3,(H,18,19)/t12-/m1/s1. The van der Waals surface area contributed by atoms with Crippen LogP contribution in [0.1, 0.15) is 42.4 Å². The largest absolute Gasteiger partial charge is 0.493 e. The van der Waals surface area contributed by atoms with Crippen molar-refractivity contribution in [3.63, 3.8) is 0 Å². The molecule has 1 N–H and O–H groups in total. The zero-order valence-electron chi connectivity index (χ0n) is 13.1. The lowest BCUT2D eigenvalue weighted by atomic mass is 10.1. The molecule has 2 aromatic rings. The summed E-state index contributed by atoms with van der Waals surface area (Å²) in [4.78, 5) is 12.0. The van der Waals surface area contributed by atoms with Gasteiger partial charge in [-0.15, -0.1) is 0 Å². The third kappa shape index (κ3) is 3.81. The fraction of sp³-hybridized carbons (Fsp3) is 0.353. The molecule has 1 aromatic heterocycles. The predicted octanol–water partition coefficient (Wildman–Crippen LogP) is 3.57. The van der Waals surface area contributed by atoms with Gasteiger partial charge in [-0.05, 0) is 43.2 Å². The van der Waals surface area contributed by atoms with E-state index in [1.54, 1.807) is 19.2 Å². The van der Waals surface area contributed by atoms with E-state index in [0.29, 0.717) is 23.9 Å². The van der Waals surface area contributed by atoms with Gasteiger partial charge in [0.05, 0.1) is 26.0 Å². The lowest BCUT2D eigenvalue weighted by molar-refractivity contribution is 0.0912. The lowest BCUT2D eigenvalue weighted by Crippen LogP contribution is -2.26. The molecule has 0 unspecified atom stereocenters. The minimum atomic E-state index is -0.247. The molecule has 118 valence electrons. The van der Waals surface area contributed by atoms with Crippen molar-refractivity contribution in [3.05, 3.63) is 47.9 Å². The second-order valence-electron chi connectivity index (χ2n) is 4.93. The van der Waals surface area contributed by atoms with E-state index in [1.807, 2.05) is 32.0 Å². The normalized spacial score (nSPS) is 11.8. The molecule has 22 heavy (non-hydrogen) atoms. The van der Waals surface area contributed by atoms with Gasteiger partial charge in [-0.25, -0.2) is 0 Å². The summed E-state index contributed by atoms with van der Waals surface area (Å²) in [7, 11) is 1.60. The van der Waals surface area contributed by atoms with Crippen LogP contribution in [0.3, 0.4) is 0 Å². The number of hydrogen-bond acceptors (Lipinski definition) is 4. The molecule has 0 aliphatic heterocycles. The Kier molecular flexibility index (Phi) is 5.47. The Balaban J connectivity index is 2.09. The molecule has 0 aliphatic rings. The van der Waals surface area contributed by atoms with Gasteiger partial charge in [-0.3, -0.25) is 4.79 Å². The van der Waals surface area contributed by atoms with Gasteiger partial charge in [-0.1, -0.05) is 13.0 Å². The molecule has 0 saturated carbocycles. The van der Waals surface area contributed by atoms with Crippen molar-refractivity contribution in [2.45, 2.75) is 26.3 Å². The summed E-state index contributed by atoms with van der Waals surface area (Å²) in [6.45, 7) is 4.59. The number of furan rings is 1. The number of carbonyl (C=O) groups excluding carboxylic acids is 1. The van der Waals surface area contributed by atoms with E-state index >= 15 is 0 Å². The number of benzene rings is 1. The Morgan fingerprint density at radius 3 is 2.77 bits per heavy atom. The third-order valence-corrected chi connectivity index (χ3v) is 3.24. The summed E-state index contributed by atoms with van der Waals surface area (Å²) < 4.78 is 16.1. The van der Waals surface area contributed by atoms with Gasteiger partial charge in [0.25, 0.3) is 5.91 Å². The highest BCUT2D eigenvalue weighted by molar-refractivity contribution is 5.91. The van der Waals surface area contributed by atoms with Crippen LogP contribution in [0.25, 0.3) is 0 Å². The number of amides is 1.